The van der Waals surface area contributed by atoms with Crippen LogP contribution in [0, 0.1) is 12.7 Å². The van der Waals surface area contributed by atoms with E-state index in [1.807, 2.05) is 18.7 Å². The van der Waals surface area contributed by atoms with Crippen molar-refractivity contribution < 1.29 is 23.0 Å². The highest BCUT2D eigenvalue weighted by Crippen LogP contribution is 2.35. The lowest BCUT2D eigenvalue weighted by Crippen LogP contribution is -2.46. The number of morpholine rings is 1. The zero-order valence-electron chi connectivity index (χ0n) is 15.9. The standard InChI is InChI=1S/C19H21FN4O4/c1-10-4-14(22-27-10)6-21-19-15-5-13(9-25)17(16(20)18(15)28-23-19)24-7-11(2)26-12(3)8-24/h4-5,9,11-12H,6-8H2,1-3H3,(H,21,23)/t11-,12+. The highest BCUT2D eigenvalue weighted by molar-refractivity contribution is 5.98. The van der Waals surface area contributed by atoms with E-state index in [0.29, 0.717) is 48.6 Å². The van der Waals surface area contributed by atoms with Gasteiger partial charge in [0.05, 0.1) is 29.8 Å². The monoisotopic (exact) mass is 388 g/mol. The summed E-state index contributed by atoms with van der Waals surface area (Å²) in [6, 6.07) is 3.38. The summed E-state index contributed by atoms with van der Waals surface area (Å²) in [7, 11) is 0. The van der Waals surface area contributed by atoms with Crippen LogP contribution in [-0.4, -0.2) is 41.9 Å². The van der Waals surface area contributed by atoms with Crippen molar-refractivity contribution >= 4 is 28.8 Å². The molecule has 0 bridgehead atoms. The van der Waals surface area contributed by atoms with Crippen LogP contribution >= 0.6 is 0 Å². The first kappa shape index (κ1) is 18.4. The Hall–Kier alpha value is -2.94. The zero-order chi connectivity index (χ0) is 19.8. The van der Waals surface area contributed by atoms with Gasteiger partial charge in [0.2, 0.25) is 5.58 Å². The molecule has 0 aliphatic carbocycles. The first-order valence-electron chi connectivity index (χ1n) is 9.09. The summed E-state index contributed by atoms with van der Waals surface area (Å²) >= 11 is 0. The maximum absolute atomic E-state index is 15.3. The van der Waals surface area contributed by atoms with E-state index in [1.54, 1.807) is 19.1 Å². The smallest absolute Gasteiger partial charge is 0.206 e. The number of rotatable bonds is 5. The summed E-state index contributed by atoms with van der Waals surface area (Å²) < 4.78 is 31.3. The predicted octanol–water partition coefficient (Wildman–Crippen LogP) is 3.30. The van der Waals surface area contributed by atoms with E-state index < -0.39 is 5.82 Å². The largest absolute Gasteiger partial charge is 0.372 e. The Morgan fingerprint density at radius 1 is 1.25 bits per heavy atom. The van der Waals surface area contributed by atoms with Gasteiger partial charge in [0.15, 0.2) is 17.9 Å². The van der Waals surface area contributed by atoms with Crippen LogP contribution in [0.4, 0.5) is 15.9 Å². The molecular formula is C19H21FN4O4. The summed E-state index contributed by atoms with van der Waals surface area (Å²) in [5.41, 5.74) is 1.15. The number of aromatic nitrogens is 2. The molecule has 1 saturated heterocycles. The highest BCUT2D eigenvalue weighted by atomic mass is 19.1. The molecular weight excluding hydrogens is 367 g/mol. The lowest BCUT2D eigenvalue weighted by Gasteiger charge is -2.37. The average Bonchev–Trinajstić information content (AvgIpc) is 3.24. The first-order chi connectivity index (χ1) is 13.5. The number of nitrogens with one attached hydrogen (secondary N) is 1. The van der Waals surface area contributed by atoms with Crippen molar-refractivity contribution in [1.29, 1.82) is 0 Å². The van der Waals surface area contributed by atoms with Crippen LogP contribution in [0.1, 0.15) is 35.7 Å². The van der Waals surface area contributed by atoms with Gasteiger partial charge in [-0.1, -0.05) is 10.3 Å². The van der Waals surface area contributed by atoms with Gasteiger partial charge in [-0.2, -0.15) is 0 Å². The summed E-state index contributed by atoms with van der Waals surface area (Å²) in [6.07, 6.45) is 0.507. The van der Waals surface area contributed by atoms with Crippen LogP contribution < -0.4 is 10.2 Å². The van der Waals surface area contributed by atoms with Crippen LogP contribution in [0.3, 0.4) is 0 Å². The minimum absolute atomic E-state index is 0.00577. The Labute approximate surface area is 160 Å². The van der Waals surface area contributed by atoms with Crippen molar-refractivity contribution in [3.8, 4) is 0 Å². The molecule has 2 aromatic heterocycles. The number of hydrogen-bond acceptors (Lipinski definition) is 8. The molecule has 1 fully saturated rings. The first-order valence-corrected chi connectivity index (χ1v) is 9.09. The highest BCUT2D eigenvalue weighted by Gasteiger charge is 2.29. The minimum atomic E-state index is -0.598. The fourth-order valence-corrected chi connectivity index (χ4v) is 3.62. The molecule has 0 saturated carbocycles. The number of ether oxygens (including phenoxy) is 1. The molecule has 8 nitrogen and oxygen atoms in total. The lowest BCUT2D eigenvalue weighted by molar-refractivity contribution is -0.00543. The SMILES string of the molecule is Cc1cc(CNc2noc3c(F)c(N4C[C@@H](C)O[C@@H](C)C4)c(C=O)cc23)no1. The molecule has 0 unspecified atom stereocenters. The van der Waals surface area contributed by atoms with E-state index >= 15 is 4.39 Å². The van der Waals surface area contributed by atoms with Gasteiger partial charge < -0.3 is 24.0 Å². The van der Waals surface area contributed by atoms with Gasteiger partial charge in [0.1, 0.15) is 11.5 Å². The van der Waals surface area contributed by atoms with Gasteiger partial charge >= 0.3 is 0 Å². The van der Waals surface area contributed by atoms with E-state index in [-0.39, 0.29) is 29.0 Å². The van der Waals surface area contributed by atoms with E-state index in [1.165, 1.54) is 0 Å². The Morgan fingerprint density at radius 3 is 2.64 bits per heavy atom. The summed E-state index contributed by atoms with van der Waals surface area (Å²) in [6.45, 7) is 6.93. The molecule has 3 aromatic rings. The lowest BCUT2D eigenvalue weighted by atomic mass is 10.1. The number of aryl methyl sites for hydroxylation is 1. The molecule has 148 valence electrons. The molecule has 3 heterocycles. The van der Waals surface area contributed by atoms with Crippen LogP contribution in [0.25, 0.3) is 11.0 Å². The van der Waals surface area contributed by atoms with Gasteiger partial charge in [-0.15, -0.1) is 0 Å². The average molecular weight is 388 g/mol. The second-order valence-electron chi connectivity index (χ2n) is 7.10. The zero-order valence-corrected chi connectivity index (χ0v) is 15.9. The Morgan fingerprint density at radius 2 is 2.00 bits per heavy atom. The van der Waals surface area contributed by atoms with Crippen molar-refractivity contribution in [3.05, 3.63) is 35.0 Å². The third-order valence-electron chi connectivity index (χ3n) is 4.69. The van der Waals surface area contributed by atoms with Gasteiger partial charge in [0, 0.05) is 24.7 Å². The molecule has 1 aliphatic rings. The number of carbonyl (C=O) groups is 1. The number of aldehydes is 1. The summed E-state index contributed by atoms with van der Waals surface area (Å²) in [4.78, 5) is 13.6. The van der Waals surface area contributed by atoms with E-state index in [9.17, 15) is 4.79 Å². The summed E-state index contributed by atoms with van der Waals surface area (Å²) in [5, 5.41) is 11.3. The number of benzene rings is 1. The number of carbonyl (C=O) groups excluding carboxylic acids is 1. The predicted molar refractivity (Wildman–Crippen MR) is 100 cm³/mol. The number of fused-ring (bicyclic) bond motifs is 1. The molecule has 1 aliphatic heterocycles. The minimum Gasteiger partial charge on any atom is -0.372 e. The maximum Gasteiger partial charge on any atom is 0.206 e. The van der Waals surface area contributed by atoms with Gasteiger partial charge in [-0.3, -0.25) is 4.79 Å². The molecule has 0 radical (unpaired) electrons. The second-order valence-corrected chi connectivity index (χ2v) is 7.10. The Kier molecular flexibility index (Phi) is 4.76. The van der Waals surface area contributed by atoms with Crippen molar-refractivity contribution in [2.24, 2.45) is 0 Å². The fourth-order valence-electron chi connectivity index (χ4n) is 3.62. The van der Waals surface area contributed by atoms with Crippen molar-refractivity contribution in [2.75, 3.05) is 23.3 Å². The third-order valence-corrected chi connectivity index (χ3v) is 4.69. The second kappa shape index (κ2) is 7.23. The Balaban J connectivity index is 1.69. The van der Waals surface area contributed by atoms with Crippen LogP contribution in [-0.2, 0) is 11.3 Å². The van der Waals surface area contributed by atoms with Gasteiger partial charge in [-0.05, 0) is 26.8 Å². The quantitative estimate of drug-likeness (QED) is 0.666. The van der Waals surface area contributed by atoms with E-state index in [2.05, 4.69) is 15.6 Å². The molecule has 1 aromatic carbocycles. The number of nitrogens with zero attached hydrogens (tertiary/aromatic N) is 3. The molecule has 1 N–H and O–H groups in total. The van der Waals surface area contributed by atoms with Gasteiger partial charge in [0.25, 0.3) is 0 Å². The van der Waals surface area contributed by atoms with E-state index in [4.69, 9.17) is 13.8 Å². The van der Waals surface area contributed by atoms with Crippen molar-refractivity contribution in [2.45, 2.75) is 39.5 Å². The molecule has 9 heteroatoms. The molecule has 0 spiro atoms. The fraction of sp³-hybridized carbons (Fsp3) is 0.421. The number of halogens is 1. The normalized spacial score (nSPS) is 19.9. The molecule has 28 heavy (non-hydrogen) atoms. The molecule has 4 rings (SSSR count). The third kappa shape index (κ3) is 3.33. The number of anilines is 2. The van der Waals surface area contributed by atoms with Crippen molar-refractivity contribution in [3.63, 3.8) is 0 Å². The van der Waals surface area contributed by atoms with Crippen LogP contribution in [0.15, 0.2) is 21.2 Å². The maximum atomic E-state index is 15.3. The van der Waals surface area contributed by atoms with E-state index in [0.717, 1.165) is 0 Å². The van der Waals surface area contributed by atoms with Crippen LogP contribution in [0.2, 0.25) is 0 Å². The van der Waals surface area contributed by atoms with Gasteiger partial charge in [-0.25, -0.2) is 4.39 Å². The molecule has 2 atom stereocenters. The Bertz CT molecular complexity index is 1000. The topological polar surface area (TPSA) is 93.6 Å². The number of hydrogen-bond donors (Lipinski definition) is 1. The summed E-state index contributed by atoms with van der Waals surface area (Å²) in [5.74, 6) is 0.432. The molecule has 0 amide bonds. The van der Waals surface area contributed by atoms with Crippen LogP contribution in [0.5, 0.6) is 0 Å². The van der Waals surface area contributed by atoms with Crippen molar-refractivity contribution in [1.82, 2.24) is 10.3 Å².